The largest absolute Gasteiger partial charge is 0.380 e. The maximum atomic E-state index is 5.68. The summed E-state index contributed by atoms with van der Waals surface area (Å²) in [6.07, 6.45) is 2.02. The first-order chi connectivity index (χ1) is 8.31. The number of benzene rings is 1. The van der Waals surface area contributed by atoms with Crippen molar-refractivity contribution in [3.05, 3.63) is 28.2 Å². The normalized spacial score (nSPS) is 16.9. The van der Waals surface area contributed by atoms with E-state index in [4.69, 9.17) is 10.5 Å². The van der Waals surface area contributed by atoms with Gasteiger partial charge in [-0.25, -0.2) is 0 Å². The zero-order valence-electron chi connectivity index (χ0n) is 9.99. The van der Waals surface area contributed by atoms with Crippen LogP contribution in [-0.2, 0) is 11.2 Å². The van der Waals surface area contributed by atoms with Crippen molar-refractivity contribution in [3.8, 4) is 0 Å². The van der Waals surface area contributed by atoms with Gasteiger partial charge in [0, 0.05) is 29.9 Å². The molecule has 1 aromatic rings. The van der Waals surface area contributed by atoms with Crippen molar-refractivity contribution >= 4 is 21.6 Å². The fourth-order valence-corrected chi connectivity index (χ4v) is 2.61. The van der Waals surface area contributed by atoms with Gasteiger partial charge in [-0.3, -0.25) is 0 Å². The van der Waals surface area contributed by atoms with Crippen molar-refractivity contribution in [1.29, 1.82) is 0 Å². The Kier molecular flexibility index (Phi) is 4.83. The monoisotopic (exact) mass is 298 g/mol. The average Bonchev–Trinajstić information content (AvgIpc) is 2.58. The van der Waals surface area contributed by atoms with Crippen LogP contribution >= 0.6 is 15.9 Å². The maximum absolute atomic E-state index is 5.68. The van der Waals surface area contributed by atoms with E-state index >= 15 is 0 Å². The van der Waals surface area contributed by atoms with Crippen LogP contribution in [0.5, 0.6) is 0 Å². The molecule has 2 rings (SSSR count). The molecule has 1 aliphatic rings. The molecule has 0 saturated carbocycles. The summed E-state index contributed by atoms with van der Waals surface area (Å²) in [7, 11) is 0. The molecule has 2 N–H and O–H groups in total. The van der Waals surface area contributed by atoms with Crippen LogP contribution in [0.3, 0.4) is 0 Å². The third-order valence-corrected chi connectivity index (χ3v) is 3.51. The van der Waals surface area contributed by atoms with Crippen LogP contribution in [0.4, 0.5) is 5.69 Å². The van der Waals surface area contributed by atoms with Crippen LogP contribution in [0.2, 0.25) is 0 Å². The molecule has 0 amide bonds. The summed E-state index contributed by atoms with van der Waals surface area (Å²) >= 11 is 3.52. The molecule has 17 heavy (non-hydrogen) atoms. The van der Waals surface area contributed by atoms with E-state index in [2.05, 4.69) is 39.0 Å². The molecule has 4 heteroatoms. The van der Waals surface area contributed by atoms with E-state index in [1.165, 1.54) is 11.3 Å². The van der Waals surface area contributed by atoms with Crippen LogP contribution in [0.1, 0.15) is 12.0 Å². The standard InChI is InChI=1S/C13H19BrN2O/c14-12-2-3-13(11(10-12)4-5-15)16-6-1-8-17-9-7-16/h2-3,10H,1,4-9,15H2. The summed E-state index contributed by atoms with van der Waals surface area (Å²) in [5.74, 6) is 0. The molecule has 0 unspecified atom stereocenters. The Hall–Kier alpha value is -0.580. The topological polar surface area (TPSA) is 38.5 Å². The quantitative estimate of drug-likeness (QED) is 0.929. The first kappa shape index (κ1) is 12.9. The third kappa shape index (κ3) is 3.44. The van der Waals surface area contributed by atoms with E-state index in [-0.39, 0.29) is 0 Å². The summed E-state index contributed by atoms with van der Waals surface area (Å²) < 4.78 is 6.62. The first-order valence-electron chi connectivity index (χ1n) is 6.12. The van der Waals surface area contributed by atoms with Gasteiger partial charge in [0.2, 0.25) is 0 Å². The lowest BCUT2D eigenvalue weighted by molar-refractivity contribution is 0.152. The number of halogens is 1. The lowest BCUT2D eigenvalue weighted by atomic mass is 10.1. The molecule has 1 fully saturated rings. The molecule has 0 radical (unpaired) electrons. The van der Waals surface area contributed by atoms with E-state index in [9.17, 15) is 0 Å². The van der Waals surface area contributed by atoms with Crippen LogP contribution in [0.25, 0.3) is 0 Å². The van der Waals surface area contributed by atoms with Gasteiger partial charge >= 0.3 is 0 Å². The molecule has 1 heterocycles. The van der Waals surface area contributed by atoms with E-state index < -0.39 is 0 Å². The number of nitrogens with two attached hydrogens (primary N) is 1. The predicted octanol–water partition coefficient (Wildman–Crippen LogP) is 2.18. The molecule has 0 aromatic heterocycles. The van der Waals surface area contributed by atoms with Crippen molar-refractivity contribution in [2.75, 3.05) is 37.7 Å². The van der Waals surface area contributed by atoms with Crippen molar-refractivity contribution in [2.45, 2.75) is 12.8 Å². The highest BCUT2D eigenvalue weighted by Gasteiger charge is 2.13. The zero-order valence-corrected chi connectivity index (χ0v) is 11.6. The van der Waals surface area contributed by atoms with Crippen molar-refractivity contribution in [1.82, 2.24) is 0 Å². The van der Waals surface area contributed by atoms with Gasteiger partial charge in [-0.1, -0.05) is 15.9 Å². The highest BCUT2D eigenvalue weighted by Crippen LogP contribution is 2.25. The number of ether oxygens (including phenoxy) is 1. The minimum Gasteiger partial charge on any atom is -0.380 e. The minimum absolute atomic E-state index is 0.688. The zero-order chi connectivity index (χ0) is 12.1. The second kappa shape index (κ2) is 6.38. The Morgan fingerprint density at radius 3 is 3.00 bits per heavy atom. The molecular formula is C13H19BrN2O. The Morgan fingerprint density at radius 1 is 1.29 bits per heavy atom. The van der Waals surface area contributed by atoms with Crippen LogP contribution in [-0.4, -0.2) is 32.8 Å². The second-order valence-corrected chi connectivity index (χ2v) is 5.18. The second-order valence-electron chi connectivity index (χ2n) is 4.26. The lowest BCUT2D eigenvalue weighted by Crippen LogP contribution is -2.27. The molecule has 0 atom stereocenters. The highest BCUT2D eigenvalue weighted by molar-refractivity contribution is 9.10. The lowest BCUT2D eigenvalue weighted by Gasteiger charge is -2.25. The van der Waals surface area contributed by atoms with Gasteiger partial charge in [-0.2, -0.15) is 0 Å². The van der Waals surface area contributed by atoms with Gasteiger partial charge in [0.15, 0.2) is 0 Å². The van der Waals surface area contributed by atoms with Gasteiger partial charge in [0.25, 0.3) is 0 Å². The maximum Gasteiger partial charge on any atom is 0.0641 e. The Labute approximate surface area is 111 Å². The summed E-state index contributed by atoms with van der Waals surface area (Å²) in [4.78, 5) is 2.41. The molecule has 3 nitrogen and oxygen atoms in total. The van der Waals surface area contributed by atoms with Gasteiger partial charge in [-0.05, 0) is 43.1 Å². The number of anilines is 1. The number of hydrogen-bond acceptors (Lipinski definition) is 3. The van der Waals surface area contributed by atoms with E-state index in [1.807, 2.05) is 0 Å². The van der Waals surface area contributed by atoms with Gasteiger partial charge in [0.1, 0.15) is 0 Å². The van der Waals surface area contributed by atoms with E-state index in [0.717, 1.165) is 43.6 Å². The molecular weight excluding hydrogens is 280 g/mol. The smallest absolute Gasteiger partial charge is 0.0641 e. The summed E-state index contributed by atoms with van der Waals surface area (Å²) in [6, 6.07) is 6.45. The number of hydrogen-bond donors (Lipinski definition) is 1. The third-order valence-electron chi connectivity index (χ3n) is 3.02. The highest BCUT2D eigenvalue weighted by atomic mass is 79.9. The average molecular weight is 299 g/mol. The minimum atomic E-state index is 0.688. The molecule has 94 valence electrons. The van der Waals surface area contributed by atoms with Crippen LogP contribution in [0, 0.1) is 0 Å². The number of nitrogens with zero attached hydrogens (tertiary/aromatic N) is 1. The van der Waals surface area contributed by atoms with Gasteiger partial charge < -0.3 is 15.4 Å². The van der Waals surface area contributed by atoms with Crippen LogP contribution in [0.15, 0.2) is 22.7 Å². The van der Waals surface area contributed by atoms with Crippen molar-refractivity contribution < 1.29 is 4.74 Å². The SMILES string of the molecule is NCCc1cc(Br)ccc1N1CCCOCC1. The van der Waals surface area contributed by atoms with Crippen molar-refractivity contribution in [2.24, 2.45) is 5.73 Å². The molecule has 0 spiro atoms. The molecule has 0 aliphatic carbocycles. The van der Waals surface area contributed by atoms with Gasteiger partial charge in [-0.15, -0.1) is 0 Å². The van der Waals surface area contributed by atoms with Crippen LogP contribution < -0.4 is 10.6 Å². The molecule has 0 bridgehead atoms. The molecule has 1 saturated heterocycles. The molecule has 1 aliphatic heterocycles. The Balaban J connectivity index is 2.22. The fourth-order valence-electron chi connectivity index (χ4n) is 2.21. The van der Waals surface area contributed by atoms with Gasteiger partial charge in [0.05, 0.1) is 6.61 Å². The van der Waals surface area contributed by atoms with E-state index in [1.54, 1.807) is 0 Å². The summed E-state index contributed by atoms with van der Waals surface area (Å²) in [5, 5.41) is 0. The first-order valence-corrected chi connectivity index (χ1v) is 6.92. The predicted molar refractivity (Wildman–Crippen MR) is 74.5 cm³/mol. The summed E-state index contributed by atoms with van der Waals surface area (Å²) in [5.41, 5.74) is 8.31. The Morgan fingerprint density at radius 2 is 2.18 bits per heavy atom. The number of rotatable bonds is 3. The Bertz CT molecular complexity index is 362. The van der Waals surface area contributed by atoms with E-state index in [0.29, 0.717) is 6.54 Å². The fraction of sp³-hybridized carbons (Fsp3) is 0.538. The molecule has 1 aromatic carbocycles. The summed E-state index contributed by atoms with van der Waals surface area (Å²) in [6.45, 7) is 4.42. The van der Waals surface area contributed by atoms with Crippen molar-refractivity contribution in [3.63, 3.8) is 0 Å².